The first-order chi connectivity index (χ1) is 9.70. The third-order valence-corrected chi connectivity index (χ3v) is 3.39. The number of fused-ring (bicyclic) bond motifs is 1. The highest BCUT2D eigenvalue weighted by Gasteiger charge is 2.31. The number of anilines is 1. The van der Waals surface area contributed by atoms with E-state index in [-0.39, 0.29) is 24.8 Å². The Morgan fingerprint density at radius 1 is 1.05 bits per heavy atom. The Balaban J connectivity index is 2.06. The van der Waals surface area contributed by atoms with Crippen molar-refractivity contribution in [1.82, 2.24) is 0 Å². The molecule has 2 aromatic rings. The fraction of sp³-hybridized carbons (Fsp3) is 0.125. The summed E-state index contributed by atoms with van der Waals surface area (Å²) in [5.41, 5.74) is 2.49. The van der Waals surface area contributed by atoms with Crippen LogP contribution in [0.25, 0.3) is 0 Å². The van der Waals surface area contributed by atoms with Gasteiger partial charge in [-0.1, -0.05) is 30.3 Å². The summed E-state index contributed by atoms with van der Waals surface area (Å²) in [6, 6.07) is 14.0. The van der Waals surface area contributed by atoms with E-state index >= 15 is 0 Å². The SMILES string of the molecule is O=C1Cc2ccccc2C(=O)N1c1cccc(CO)c1. The van der Waals surface area contributed by atoms with Crippen LogP contribution >= 0.6 is 0 Å². The van der Waals surface area contributed by atoms with Crippen LogP contribution in [0.4, 0.5) is 5.69 Å². The van der Waals surface area contributed by atoms with Crippen molar-refractivity contribution < 1.29 is 14.7 Å². The van der Waals surface area contributed by atoms with E-state index in [0.29, 0.717) is 16.8 Å². The molecule has 0 spiro atoms. The Labute approximate surface area is 116 Å². The summed E-state index contributed by atoms with van der Waals surface area (Å²) in [6.07, 6.45) is 0.214. The number of amides is 2. The summed E-state index contributed by atoms with van der Waals surface area (Å²) in [4.78, 5) is 25.9. The Bertz CT molecular complexity index is 694. The molecule has 1 N–H and O–H groups in total. The molecule has 2 amide bonds. The fourth-order valence-corrected chi connectivity index (χ4v) is 2.41. The molecule has 1 aliphatic rings. The van der Waals surface area contributed by atoms with Crippen LogP contribution in [0.5, 0.6) is 0 Å². The van der Waals surface area contributed by atoms with E-state index in [9.17, 15) is 9.59 Å². The highest BCUT2D eigenvalue weighted by Crippen LogP contribution is 2.26. The lowest BCUT2D eigenvalue weighted by atomic mass is 9.98. The molecule has 0 unspecified atom stereocenters. The fourth-order valence-electron chi connectivity index (χ4n) is 2.41. The molecule has 0 aliphatic carbocycles. The second-order valence-corrected chi connectivity index (χ2v) is 4.70. The molecule has 0 atom stereocenters. The van der Waals surface area contributed by atoms with Gasteiger partial charge in [-0.2, -0.15) is 0 Å². The van der Waals surface area contributed by atoms with Gasteiger partial charge in [0.25, 0.3) is 5.91 Å². The second kappa shape index (κ2) is 4.90. The lowest BCUT2D eigenvalue weighted by Crippen LogP contribution is -2.42. The van der Waals surface area contributed by atoms with Crippen molar-refractivity contribution >= 4 is 17.5 Å². The molecule has 4 heteroatoms. The van der Waals surface area contributed by atoms with Gasteiger partial charge in [0.15, 0.2) is 0 Å². The normalized spacial score (nSPS) is 14.3. The Hall–Kier alpha value is -2.46. The smallest absolute Gasteiger partial charge is 0.265 e. The third-order valence-electron chi connectivity index (χ3n) is 3.39. The van der Waals surface area contributed by atoms with Crippen LogP contribution in [0.2, 0.25) is 0 Å². The van der Waals surface area contributed by atoms with Gasteiger partial charge in [0.1, 0.15) is 0 Å². The van der Waals surface area contributed by atoms with Gasteiger partial charge in [-0.25, -0.2) is 4.90 Å². The lowest BCUT2D eigenvalue weighted by Gasteiger charge is -2.27. The van der Waals surface area contributed by atoms with E-state index in [2.05, 4.69) is 0 Å². The minimum absolute atomic E-state index is 0.124. The minimum atomic E-state index is -0.313. The zero-order valence-corrected chi connectivity index (χ0v) is 10.7. The Kier molecular flexibility index (Phi) is 3.08. The minimum Gasteiger partial charge on any atom is -0.392 e. The molecule has 100 valence electrons. The molecule has 0 bridgehead atoms. The monoisotopic (exact) mass is 267 g/mol. The summed E-state index contributed by atoms with van der Waals surface area (Å²) < 4.78 is 0. The van der Waals surface area contributed by atoms with Crippen molar-refractivity contribution in [3.05, 3.63) is 65.2 Å². The zero-order valence-electron chi connectivity index (χ0n) is 10.7. The average Bonchev–Trinajstić information content (AvgIpc) is 2.47. The van der Waals surface area contributed by atoms with Gasteiger partial charge in [-0.3, -0.25) is 9.59 Å². The number of hydrogen-bond donors (Lipinski definition) is 1. The number of carbonyl (C=O) groups excluding carboxylic acids is 2. The second-order valence-electron chi connectivity index (χ2n) is 4.70. The van der Waals surface area contributed by atoms with Crippen molar-refractivity contribution in [1.29, 1.82) is 0 Å². The summed E-state index contributed by atoms with van der Waals surface area (Å²) in [5, 5.41) is 9.16. The summed E-state index contributed by atoms with van der Waals surface area (Å²) in [5.74, 6) is -0.560. The van der Waals surface area contributed by atoms with E-state index in [1.807, 2.05) is 6.07 Å². The van der Waals surface area contributed by atoms with Gasteiger partial charge in [0.2, 0.25) is 5.91 Å². The van der Waals surface area contributed by atoms with E-state index in [1.165, 1.54) is 4.90 Å². The highest BCUT2D eigenvalue weighted by atomic mass is 16.3. The number of benzene rings is 2. The average molecular weight is 267 g/mol. The molecular formula is C16H13NO3. The summed E-state index contributed by atoms with van der Waals surface area (Å²) in [6.45, 7) is -0.124. The first-order valence-electron chi connectivity index (χ1n) is 6.35. The molecule has 2 aromatic carbocycles. The summed E-state index contributed by atoms with van der Waals surface area (Å²) >= 11 is 0. The van der Waals surface area contributed by atoms with Crippen LogP contribution in [-0.4, -0.2) is 16.9 Å². The number of nitrogens with zero attached hydrogens (tertiary/aromatic N) is 1. The predicted molar refractivity (Wildman–Crippen MR) is 74.3 cm³/mol. The van der Waals surface area contributed by atoms with Gasteiger partial charge < -0.3 is 5.11 Å². The molecule has 0 radical (unpaired) electrons. The van der Waals surface area contributed by atoms with Gasteiger partial charge in [-0.05, 0) is 29.3 Å². The quantitative estimate of drug-likeness (QED) is 0.846. The first-order valence-corrected chi connectivity index (χ1v) is 6.35. The highest BCUT2D eigenvalue weighted by molar-refractivity contribution is 6.24. The van der Waals surface area contributed by atoms with Crippen LogP contribution in [0, 0.1) is 0 Å². The molecular weight excluding hydrogens is 254 g/mol. The van der Waals surface area contributed by atoms with Crippen LogP contribution in [-0.2, 0) is 17.8 Å². The largest absolute Gasteiger partial charge is 0.392 e. The summed E-state index contributed by atoms with van der Waals surface area (Å²) in [7, 11) is 0. The number of hydrogen-bond acceptors (Lipinski definition) is 3. The molecule has 0 saturated heterocycles. The molecule has 0 saturated carbocycles. The maximum absolute atomic E-state index is 12.5. The van der Waals surface area contributed by atoms with Crippen LogP contribution in [0.15, 0.2) is 48.5 Å². The van der Waals surface area contributed by atoms with Gasteiger partial charge in [0.05, 0.1) is 18.7 Å². The first kappa shape index (κ1) is 12.6. The molecule has 0 fully saturated rings. The number of aliphatic hydroxyl groups excluding tert-OH is 1. The molecule has 1 aliphatic heterocycles. The molecule has 3 rings (SSSR count). The number of carbonyl (C=O) groups is 2. The molecule has 20 heavy (non-hydrogen) atoms. The number of imide groups is 1. The van der Waals surface area contributed by atoms with E-state index in [1.54, 1.807) is 42.5 Å². The van der Waals surface area contributed by atoms with Crippen LogP contribution < -0.4 is 4.90 Å². The standard InChI is InChI=1S/C16H13NO3/c18-10-11-4-3-6-13(8-11)17-15(19)9-12-5-1-2-7-14(12)16(17)20/h1-8,18H,9-10H2. The van der Waals surface area contributed by atoms with Gasteiger partial charge in [-0.15, -0.1) is 0 Å². The van der Waals surface area contributed by atoms with Crippen molar-refractivity contribution in [3.8, 4) is 0 Å². The number of rotatable bonds is 2. The van der Waals surface area contributed by atoms with Crippen molar-refractivity contribution in [2.24, 2.45) is 0 Å². The molecule has 4 nitrogen and oxygen atoms in total. The lowest BCUT2D eigenvalue weighted by molar-refractivity contribution is -0.117. The predicted octanol–water partition coefficient (Wildman–Crippen LogP) is 1.91. The van der Waals surface area contributed by atoms with Crippen molar-refractivity contribution in [2.75, 3.05) is 4.90 Å². The Morgan fingerprint density at radius 3 is 2.65 bits per heavy atom. The van der Waals surface area contributed by atoms with E-state index in [0.717, 1.165) is 5.56 Å². The molecule has 0 aromatic heterocycles. The number of aliphatic hydroxyl groups is 1. The van der Waals surface area contributed by atoms with Crippen LogP contribution in [0.1, 0.15) is 21.5 Å². The van der Waals surface area contributed by atoms with Gasteiger partial charge >= 0.3 is 0 Å². The maximum Gasteiger partial charge on any atom is 0.265 e. The Morgan fingerprint density at radius 2 is 1.85 bits per heavy atom. The van der Waals surface area contributed by atoms with E-state index in [4.69, 9.17) is 5.11 Å². The third kappa shape index (κ3) is 2.00. The van der Waals surface area contributed by atoms with Crippen LogP contribution in [0.3, 0.4) is 0 Å². The topological polar surface area (TPSA) is 57.6 Å². The van der Waals surface area contributed by atoms with Gasteiger partial charge in [0, 0.05) is 5.56 Å². The van der Waals surface area contributed by atoms with Crippen molar-refractivity contribution in [2.45, 2.75) is 13.0 Å². The van der Waals surface area contributed by atoms with Crippen molar-refractivity contribution in [3.63, 3.8) is 0 Å². The maximum atomic E-state index is 12.5. The zero-order chi connectivity index (χ0) is 14.1. The molecule has 1 heterocycles. The van der Waals surface area contributed by atoms with E-state index < -0.39 is 0 Å².